The SMILES string of the molecule is CCOC(=O)/C=C/[C@H]1C[C@@H]1C(=O)OC(C)(C)C. The van der Waals surface area contributed by atoms with E-state index in [2.05, 4.69) is 0 Å². The molecule has 0 aromatic rings. The van der Waals surface area contributed by atoms with Crippen molar-refractivity contribution in [1.29, 1.82) is 0 Å². The minimum Gasteiger partial charge on any atom is -0.463 e. The van der Waals surface area contributed by atoms with Crippen molar-refractivity contribution in [3.63, 3.8) is 0 Å². The van der Waals surface area contributed by atoms with Gasteiger partial charge < -0.3 is 9.47 Å². The van der Waals surface area contributed by atoms with E-state index in [1.165, 1.54) is 6.08 Å². The molecule has 0 N–H and O–H groups in total. The largest absolute Gasteiger partial charge is 0.463 e. The molecule has 1 rings (SSSR count). The fourth-order valence-electron chi connectivity index (χ4n) is 1.47. The van der Waals surface area contributed by atoms with Gasteiger partial charge in [0, 0.05) is 6.08 Å². The second-order valence-corrected chi connectivity index (χ2v) is 5.15. The second kappa shape index (κ2) is 5.34. The van der Waals surface area contributed by atoms with Gasteiger partial charge in [-0.15, -0.1) is 0 Å². The predicted molar refractivity (Wildman–Crippen MR) is 63.2 cm³/mol. The Morgan fingerprint density at radius 3 is 2.53 bits per heavy atom. The van der Waals surface area contributed by atoms with Crippen LogP contribution in [0.5, 0.6) is 0 Å². The number of esters is 2. The molecular formula is C13H20O4. The zero-order valence-corrected chi connectivity index (χ0v) is 10.9. The molecule has 2 atom stereocenters. The lowest BCUT2D eigenvalue weighted by molar-refractivity contribution is -0.156. The fourth-order valence-corrected chi connectivity index (χ4v) is 1.47. The lowest BCUT2D eigenvalue weighted by Gasteiger charge is -2.19. The van der Waals surface area contributed by atoms with Crippen LogP contribution in [0.1, 0.15) is 34.1 Å². The maximum Gasteiger partial charge on any atom is 0.330 e. The van der Waals surface area contributed by atoms with Gasteiger partial charge in [-0.2, -0.15) is 0 Å². The molecule has 0 spiro atoms. The van der Waals surface area contributed by atoms with Gasteiger partial charge in [0.05, 0.1) is 12.5 Å². The zero-order chi connectivity index (χ0) is 13.1. The molecule has 0 aliphatic heterocycles. The summed E-state index contributed by atoms with van der Waals surface area (Å²) in [5.41, 5.74) is -0.449. The Bertz CT molecular complexity index is 325. The average molecular weight is 240 g/mol. The predicted octanol–water partition coefficient (Wildman–Crippen LogP) is 2.08. The molecule has 17 heavy (non-hydrogen) atoms. The van der Waals surface area contributed by atoms with Crippen molar-refractivity contribution in [2.75, 3.05) is 6.61 Å². The van der Waals surface area contributed by atoms with Gasteiger partial charge in [0.25, 0.3) is 0 Å². The molecule has 0 aromatic carbocycles. The van der Waals surface area contributed by atoms with E-state index in [1.54, 1.807) is 13.0 Å². The molecule has 0 unspecified atom stereocenters. The average Bonchev–Trinajstić information content (AvgIpc) is 2.91. The van der Waals surface area contributed by atoms with Gasteiger partial charge in [0.2, 0.25) is 0 Å². The first kappa shape index (κ1) is 13.7. The van der Waals surface area contributed by atoms with Crippen LogP contribution in [0.3, 0.4) is 0 Å². The number of carbonyl (C=O) groups excluding carboxylic acids is 2. The molecule has 0 heterocycles. The Labute approximate surface area is 102 Å². The van der Waals surface area contributed by atoms with E-state index in [-0.39, 0.29) is 23.8 Å². The lowest BCUT2D eigenvalue weighted by atomic mass is 10.2. The third-order valence-electron chi connectivity index (χ3n) is 2.32. The van der Waals surface area contributed by atoms with Crippen molar-refractivity contribution in [2.24, 2.45) is 11.8 Å². The van der Waals surface area contributed by atoms with E-state index in [0.717, 1.165) is 6.42 Å². The van der Waals surface area contributed by atoms with Gasteiger partial charge in [-0.1, -0.05) is 6.08 Å². The summed E-state index contributed by atoms with van der Waals surface area (Å²) >= 11 is 0. The van der Waals surface area contributed by atoms with E-state index in [9.17, 15) is 9.59 Å². The van der Waals surface area contributed by atoms with Crippen LogP contribution in [0, 0.1) is 11.8 Å². The van der Waals surface area contributed by atoms with Crippen LogP contribution in [0.4, 0.5) is 0 Å². The van der Waals surface area contributed by atoms with Gasteiger partial charge in [0.15, 0.2) is 0 Å². The van der Waals surface area contributed by atoms with Crippen molar-refractivity contribution in [2.45, 2.75) is 39.7 Å². The molecule has 0 radical (unpaired) electrons. The van der Waals surface area contributed by atoms with Crippen molar-refractivity contribution in [1.82, 2.24) is 0 Å². The Kier molecular flexibility index (Phi) is 4.32. The lowest BCUT2D eigenvalue weighted by Crippen LogP contribution is -2.25. The van der Waals surface area contributed by atoms with Crippen LogP contribution in [0.25, 0.3) is 0 Å². The Hall–Kier alpha value is -1.32. The van der Waals surface area contributed by atoms with Crippen LogP contribution < -0.4 is 0 Å². The normalized spacial score (nSPS) is 23.5. The van der Waals surface area contributed by atoms with Crippen LogP contribution in [0.2, 0.25) is 0 Å². The van der Waals surface area contributed by atoms with Crippen LogP contribution in [-0.4, -0.2) is 24.1 Å². The standard InChI is InChI=1S/C13H20O4/c1-5-16-11(14)7-6-9-8-10(9)12(15)17-13(2,3)4/h6-7,9-10H,5,8H2,1-4H3/b7-6+/t9-,10-/m0/s1. The fraction of sp³-hybridized carbons (Fsp3) is 0.692. The number of carbonyl (C=O) groups is 2. The van der Waals surface area contributed by atoms with E-state index >= 15 is 0 Å². The first-order valence-corrected chi connectivity index (χ1v) is 5.91. The highest BCUT2D eigenvalue weighted by Crippen LogP contribution is 2.41. The van der Waals surface area contributed by atoms with Crippen molar-refractivity contribution >= 4 is 11.9 Å². The highest BCUT2D eigenvalue weighted by Gasteiger charge is 2.43. The summed E-state index contributed by atoms with van der Waals surface area (Å²) in [6.07, 6.45) is 3.87. The number of rotatable bonds is 4. The van der Waals surface area contributed by atoms with Crippen LogP contribution in [0.15, 0.2) is 12.2 Å². The summed E-state index contributed by atoms with van der Waals surface area (Å²) in [7, 11) is 0. The minimum absolute atomic E-state index is 0.0973. The summed E-state index contributed by atoms with van der Waals surface area (Å²) in [6.45, 7) is 7.65. The molecule has 4 nitrogen and oxygen atoms in total. The van der Waals surface area contributed by atoms with E-state index < -0.39 is 5.60 Å². The molecule has 1 aliphatic carbocycles. The number of hydrogen-bond donors (Lipinski definition) is 0. The molecule has 1 saturated carbocycles. The monoisotopic (exact) mass is 240 g/mol. The summed E-state index contributed by atoms with van der Waals surface area (Å²) in [6, 6.07) is 0. The van der Waals surface area contributed by atoms with Gasteiger partial charge in [-0.25, -0.2) is 4.79 Å². The molecule has 4 heteroatoms. The second-order valence-electron chi connectivity index (χ2n) is 5.15. The van der Waals surface area contributed by atoms with Gasteiger partial charge in [-0.3, -0.25) is 4.79 Å². The third-order valence-corrected chi connectivity index (χ3v) is 2.32. The third kappa shape index (κ3) is 5.02. The highest BCUT2D eigenvalue weighted by molar-refractivity contribution is 5.82. The molecule has 1 fully saturated rings. The van der Waals surface area contributed by atoms with Crippen molar-refractivity contribution in [3.05, 3.63) is 12.2 Å². The first-order chi connectivity index (χ1) is 7.83. The molecule has 1 aliphatic rings. The van der Waals surface area contributed by atoms with Gasteiger partial charge in [0.1, 0.15) is 5.60 Å². The minimum atomic E-state index is -0.449. The summed E-state index contributed by atoms with van der Waals surface area (Å²) in [5, 5.41) is 0. The number of ether oxygens (including phenoxy) is 2. The maximum absolute atomic E-state index is 11.6. The first-order valence-electron chi connectivity index (χ1n) is 5.91. The number of allylic oxidation sites excluding steroid dienone is 1. The molecule has 96 valence electrons. The number of hydrogen-bond acceptors (Lipinski definition) is 4. The van der Waals surface area contributed by atoms with Crippen molar-refractivity contribution < 1.29 is 19.1 Å². The van der Waals surface area contributed by atoms with E-state index in [4.69, 9.17) is 9.47 Å². The summed E-state index contributed by atoms with van der Waals surface area (Å²) in [4.78, 5) is 22.7. The molecule has 0 amide bonds. The smallest absolute Gasteiger partial charge is 0.330 e. The topological polar surface area (TPSA) is 52.6 Å². The molecular weight excluding hydrogens is 220 g/mol. The molecule has 0 aromatic heterocycles. The summed E-state index contributed by atoms with van der Waals surface area (Å²) < 4.78 is 10.0. The van der Waals surface area contributed by atoms with E-state index in [1.807, 2.05) is 20.8 Å². The highest BCUT2D eigenvalue weighted by atomic mass is 16.6. The van der Waals surface area contributed by atoms with Gasteiger partial charge in [-0.05, 0) is 40.0 Å². The van der Waals surface area contributed by atoms with Crippen LogP contribution in [-0.2, 0) is 19.1 Å². The van der Waals surface area contributed by atoms with Crippen LogP contribution >= 0.6 is 0 Å². The Morgan fingerprint density at radius 1 is 1.35 bits per heavy atom. The Morgan fingerprint density at radius 2 is 2.00 bits per heavy atom. The molecule has 0 bridgehead atoms. The molecule has 0 saturated heterocycles. The quantitative estimate of drug-likeness (QED) is 0.557. The van der Waals surface area contributed by atoms with Gasteiger partial charge >= 0.3 is 11.9 Å². The zero-order valence-electron chi connectivity index (χ0n) is 10.9. The Balaban J connectivity index is 2.34. The summed E-state index contributed by atoms with van der Waals surface area (Å²) in [5.74, 6) is -0.521. The maximum atomic E-state index is 11.6. The van der Waals surface area contributed by atoms with E-state index in [0.29, 0.717) is 6.61 Å². The van der Waals surface area contributed by atoms with Crippen molar-refractivity contribution in [3.8, 4) is 0 Å².